The number of aryl methyl sites for hydroxylation is 1. The van der Waals surface area contributed by atoms with Crippen molar-refractivity contribution >= 4 is 5.69 Å². The minimum atomic E-state index is 0.603. The van der Waals surface area contributed by atoms with E-state index in [1.54, 1.807) is 0 Å². The van der Waals surface area contributed by atoms with Gasteiger partial charge in [0, 0.05) is 31.4 Å². The second-order valence-electron chi connectivity index (χ2n) is 4.08. The van der Waals surface area contributed by atoms with Gasteiger partial charge in [0.1, 0.15) is 0 Å². The molecule has 0 radical (unpaired) electrons. The summed E-state index contributed by atoms with van der Waals surface area (Å²) in [7, 11) is 0. The van der Waals surface area contributed by atoms with Gasteiger partial charge in [-0.15, -0.1) is 0 Å². The van der Waals surface area contributed by atoms with Crippen molar-refractivity contribution in [3.05, 3.63) is 29.8 Å². The first-order chi connectivity index (χ1) is 7.77. The lowest BCUT2D eigenvalue weighted by Gasteiger charge is -2.35. The van der Waals surface area contributed by atoms with Gasteiger partial charge < -0.3 is 10.2 Å². The molecular formula is C14H24N2. The Morgan fingerprint density at radius 1 is 1.19 bits per heavy atom. The summed E-state index contributed by atoms with van der Waals surface area (Å²) in [5.74, 6) is 0. The smallest absolute Gasteiger partial charge is 0.0386 e. The van der Waals surface area contributed by atoms with Crippen LogP contribution in [0.2, 0.25) is 0 Å². The van der Waals surface area contributed by atoms with E-state index in [1.807, 2.05) is 13.8 Å². The standard InChI is InChI=1S/C12H18N2.C2H6/c1-10-3-5-12(6-4-10)14-8-7-13-9-11(14)2;1-2/h3-6,11,13H,7-9H2,1-2H3;1-2H3. The molecule has 1 N–H and O–H groups in total. The fourth-order valence-corrected chi connectivity index (χ4v) is 1.96. The minimum Gasteiger partial charge on any atom is -0.366 e. The Hall–Kier alpha value is -1.02. The number of rotatable bonds is 1. The van der Waals surface area contributed by atoms with E-state index >= 15 is 0 Å². The Bertz CT molecular complexity index is 292. The molecule has 16 heavy (non-hydrogen) atoms. The maximum absolute atomic E-state index is 3.40. The maximum Gasteiger partial charge on any atom is 0.0386 e. The van der Waals surface area contributed by atoms with Crippen LogP contribution < -0.4 is 10.2 Å². The number of piperazine rings is 1. The van der Waals surface area contributed by atoms with Crippen LogP contribution in [0.1, 0.15) is 26.3 Å². The highest BCUT2D eigenvalue weighted by molar-refractivity contribution is 5.48. The van der Waals surface area contributed by atoms with Gasteiger partial charge in [0.05, 0.1) is 0 Å². The van der Waals surface area contributed by atoms with Crippen molar-refractivity contribution in [1.29, 1.82) is 0 Å². The average molecular weight is 220 g/mol. The molecule has 1 aromatic carbocycles. The van der Waals surface area contributed by atoms with Crippen LogP contribution in [-0.4, -0.2) is 25.7 Å². The lowest BCUT2D eigenvalue weighted by atomic mass is 10.1. The van der Waals surface area contributed by atoms with Gasteiger partial charge in [0.25, 0.3) is 0 Å². The SMILES string of the molecule is CC.Cc1ccc(N2CCNCC2C)cc1. The predicted octanol–water partition coefficient (Wildman–Crippen LogP) is 2.82. The van der Waals surface area contributed by atoms with Gasteiger partial charge in [-0.2, -0.15) is 0 Å². The van der Waals surface area contributed by atoms with Crippen LogP contribution in [0.3, 0.4) is 0 Å². The van der Waals surface area contributed by atoms with Crippen LogP contribution in [0.15, 0.2) is 24.3 Å². The van der Waals surface area contributed by atoms with Crippen molar-refractivity contribution in [3.8, 4) is 0 Å². The Balaban J connectivity index is 0.000000606. The first-order valence-electron chi connectivity index (χ1n) is 6.31. The largest absolute Gasteiger partial charge is 0.366 e. The molecule has 1 heterocycles. The number of nitrogens with one attached hydrogen (secondary N) is 1. The average Bonchev–Trinajstić information content (AvgIpc) is 2.34. The molecule has 1 aromatic rings. The molecule has 0 aliphatic carbocycles. The summed E-state index contributed by atoms with van der Waals surface area (Å²) < 4.78 is 0. The molecule has 0 amide bonds. The Morgan fingerprint density at radius 3 is 2.38 bits per heavy atom. The molecule has 0 aromatic heterocycles. The van der Waals surface area contributed by atoms with Crippen LogP contribution in [0, 0.1) is 6.92 Å². The van der Waals surface area contributed by atoms with E-state index < -0.39 is 0 Å². The molecular weight excluding hydrogens is 196 g/mol. The van der Waals surface area contributed by atoms with Gasteiger partial charge in [0.15, 0.2) is 0 Å². The molecule has 2 heteroatoms. The Labute approximate surface area is 99.7 Å². The zero-order chi connectivity index (χ0) is 12.0. The van der Waals surface area contributed by atoms with Gasteiger partial charge in [-0.05, 0) is 26.0 Å². The molecule has 1 saturated heterocycles. The normalized spacial score (nSPS) is 20.0. The lowest BCUT2D eigenvalue weighted by molar-refractivity contribution is 0.501. The van der Waals surface area contributed by atoms with Crippen LogP contribution in [0.5, 0.6) is 0 Å². The number of nitrogens with zero attached hydrogens (tertiary/aromatic N) is 1. The van der Waals surface area contributed by atoms with E-state index in [0.717, 1.165) is 19.6 Å². The van der Waals surface area contributed by atoms with Crippen molar-refractivity contribution in [1.82, 2.24) is 5.32 Å². The summed E-state index contributed by atoms with van der Waals surface area (Å²) in [6, 6.07) is 9.41. The first kappa shape index (κ1) is 13.0. The maximum atomic E-state index is 3.40. The summed E-state index contributed by atoms with van der Waals surface area (Å²) in [5, 5.41) is 3.40. The highest BCUT2D eigenvalue weighted by Gasteiger charge is 2.17. The van der Waals surface area contributed by atoms with Crippen molar-refractivity contribution in [3.63, 3.8) is 0 Å². The number of hydrogen-bond acceptors (Lipinski definition) is 2. The Kier molecular flexibility index (Phi) is 5.33. The molecule has 0 bridgehead atoms. The summed E-state index contributed by atoms with van der Waals surface area (Å²) in [6.07, 6.45) is 0. The second-order valence-corrected chi connectivity index (χ2v) is 4.08. The molecule has 1 unspecified atom stereocenters. The van der Waals surface area contributed by atoms with E-state index in [9.17, 15) is 0 Å². The minimum absolute atomic E-state index is 0.603. The number of anilines is 1. The summed E-state index contributed by atoms with van der Waals surface area (Å²) >= 11 is 0. The van der Waals surface area contributed by atoms with Gasteiger partial charge >= 0.3 is 0 Å². The molecule has 2 nitrogen and oxygen atoms in total. The zero-order valence-electron chi connectivity index (χ0n) is 11.0. The first-order valence-corrected chi connectivity index (χ1v) is 6.31. The molecule has 0 spiro atoms. The molecule has 1 atom stereocenters. The fraction of sp³-hybridized carbons (Fsp3) is 0.571. The quantitative estimate of drug-likeness (QED) is 0.783. The number of hydrogen-bond donors (Lipinski definition) is 1. The molecule has 2 rings (SSSR count). The zero-order valence-corrected chi connectivity index (χ0v) is 11.0. The number of benzene rings is 1. The van der Waals surface area contributed by atoms with Crippen molar-refractivity contribution in [2.75, 3.05) is 24.5 Å². The third-order valence-electron chi connectivity index (χ3n) is 2.87. The fourth-order valence-electron chi connectivity index (χ4n) is 1.96. The van der Waals surface area contributed by atoms with Crippen LogP contribution in [0.25, 0.3) is 0 Å². The molecule has 1 aliphatic rings. The van der Waals surface area contributed by atoms with E-state index in [-0.39, 0.29) is 0 Å². The third-order valence-corrected chi connectivity index (χ3v) is 2.87. The van der Waals surface area contributed by atoms with Crippen LogP contribution in [0.4, 0.5) is 5.69 Å². The summed E-state index contributed by atoms with van der Waals surface area (Å²) in [5.41, 5.74) is 2.68. The summed E-state index contributed by atoms with van der Waals surface area (Å²) in [6.45, 7) is 11.7. The van der Waals surface area contributed by atoms with Crippen LogP contribution in [-0.2, 0) is 0 Å². The molecule has 1 fully saturated rings. The van der Waals surface area contributed by atoms with E-state index in [0.29, 0.717) is 6.04 Å². The van der Waals surface area contributed by atoms with Gasteiger partial charge in [-0.1, -0.05) is 31.5 Å². The summed E-state index contributed by atoms with van der Waals surface area (Å²) in [4.78, 5) is 2.47. The second kappa shape index (κ2) is 6.54. The molecule has 90 valence electrons. The highest BCUT2D eigenvalue weighted by atomic mass is 15.2. The van der Waals surface area contributed by atoms with Gasteiger partial charge in [-0.3, -0.25) is 0 Å². The van der Waals surface area contributed by atoms with Gasteiger partial charge in [0.2, 0.25) is 0 Å². The van der Waals surface area contributed by atoms with E-state index in [2.05, 4.69) is 48.3 Å². The van der Waals surface area contributed by atoms with E-state index in [1.165, 1.54) is 11.3 Å². The Morgan fingerprint density at radius 2 is 1.81 bits per heavy atom. The van der Waals surface area contributed by atoms with Crippen LogP contribution >= 0.6 is 0 Å². The van der Waals surface area contributed by atoms with Crippen molar-refractivity contribution in [2.45, 2.75) is 33.7 Å². The topological polar surface area (TPSA) is 15.3 Å². The molecule has 0 saturated carbocycles. The monoisotopic (exact) mass is 220 g/mol. The van der Waals surface area contributed by atoms with E-state index in [4.69, 9.17) is 0 Å². The predicted molar refractivity (Wildman–Crippen MR) is 72.2 cm³/mol. The highest BCUT2D eigenvalue weighted by Crippen LogP contribution is 2.18. The van der Waals surface area contributed by atoms with Crippen molar-refractivity contribution in [2.24, 2.45) is 0 Å². The molecule has 1 aliphatic heterocycles. The van der Waals surface area contributed by atoms with Gasteiger partial charge in [-0.25, -0.2) is 0 Å². The van der Waals surface area contributed by atoms with Crippen molar-refractivity contribution < 1.29 is 0 Å². The lowest BCUT2D eigenvalue weighted by Crippen LogP contribution is -2.49. The third kappa shape index (κ3) is 3.24.